The van der Waals surface area contributed by atoms with Crippen LogP contribution in [-0.2, 0) is 14.3 Å². The van der Waals surface area contributed by atoms with Crippen LogP contribution >= 0.6 is 45.2 Å². The topological polar surface area (TPSA) is 88.6 Å². The monoisotopic (exact) mass is 875 g/mol. The molecule has 0 radical (unpaired) electrons. The quantitative estimate of drug-likeness (QED) is 0.143. The van der Waals surface area contributed by atoms with Crippen molar-refractivity contribution in [3.63, 3.8) is 0 Å². The van der Waals surface area contributed by atoms with Crippen LogP contribution in [0, 0.1) is 13.1 Å². The molecule has 0 saturated carbocycles. The van der Waals surface area contributed by atoms with E-state index in [0.717, 1.165) is 27.9 Å². The number of carbonyl (C=O) groups is 3. The third kappa shape index (κ3) is 19.6. The lowest BCUT2D eigenvalue weighted by Crippen LogP contribution is -2.44. The van der Waals surface area contributed by atoms with Crippen LogP contribution in [0.25, 0.3) is 0 Å². The van der Waals surface area contributed by atoms with E-state index in [9.17, 15) is 14.4 Å². The second-order valence-electron chi connectivity index (χ2n) is 12.5. The summed E-state index contributed by atoms with van der Waals surface area (Å²) in [5.74, 6) is 2.02. The van der Waals surface area contributed by atoms with Gasteiger partial charge in [-0.15, -0.1) is 0 Å². The van der Waals surface area contributed by atoms with E-state index < -0.39 is 11.7 Å². The molecule has 0 saturated heterocycles. The average molecular weight is 876 g/mol. The van der Waals surface area contributed by atoms with E-state index in [-0.39, 0.29) is 24.4 Å². The molecule has 3 amide bonds. The summed E-state index contributed by atoms with van der Waals surface area (Å²) in [7, 11) is 6.86. The Labute approximate surface area is 309 Å². The zero-order chi connectivity index (χ0) is 35.6. The molecule has 0 fully saturated rings. The number of hydrogen-bond donors (Lipinski definition) is 0. The first-order valence-electron chi connectivity index (χ1n) is 15.5. The van der Waals surface area contributed by atoms with Gasteiger partial charge in [-0.05, 0) is 146 Å². The Morgan fingerprint density at radius 3 is 1.64 bits per heavy atom. The highest BCUT2D eigenvalue weighted by atomic mass is 127. The zero-order valence-electron chi connectivity index (χ0n) is 29.2. The van der Waals surface area contributed by atoms with Crippen LogP contribution in [0.15, 0.2) is 72.8 Å². The van der Waals surface area contributed by atoms with Crippen molar-refractivity contribution >= 4 is 63.1 Å². The Kier molecular flexibility index (Phi) is 19.7. The number of likely N-dealkylation sites (N-methyl/N-ethyl adjacent to an activating group) is 2. The van der Waals surface area contributed by atoms with Crippen LogP contribution in [0.2, 0.25) is 0 Å². The highest BCUT2D eigenvalue weighted by Gasteiger charge is 2.25. The molecule has 11 heteroatoms. The molecule has 9 nitrogen and oxygen atoms in total. The van der Waals surface area contributed by atoms with Crippen molar-refractivity contribution in [1.82, 2.24) is 14.7 Å². The number of halogens is 2. The van der Waals surface area contributed by atoms with Crippen molar-refractivity contribution in [1.29, 1.82) is 0 Å². The van der Waals surface area contributed by atoms with Gasteiger partial charge in [-0.1, -0.05) is 19.1 Å². The molecular weight excluding hydrogens is 824 g/mol. The van der Waals surface area contributed by atoms with E-state index in [1.807, 2.05) is 82.3 Å². The Morgan fingerprint density at radius 1 is 0.745 bits per heavy atom. The van der Waals surface area contributed by atoms with E-state index in [0.29, 0.717) is 19.1 Å². The summed E-state index contributed by atoms with van der Waals surface area (Å²) >= 11 is 4.51. The van der Waals surface area contributed by atoms with Gasteiger partial charge in [0.05, 0.1) is 12.6 Å². The number of nitrogens with zero attached hydrogens (tertiary/aromatic N) is 3. The molecule has 0 bridgehead atoms. The van der Waals surface area contributed by atoms with Crippen molar-refractivity contribution in [2.24, 2.45) is 5.92 Å². The summed E-state index contributed by atoms with van der Waals surface area (Å²) in [4.78, 5) is 40.2. The third-order valence-corrected chi connectivity index (χ3v) is 7.78. The minimum atomic E-state index is -0.602. The van der Waals surface area contributed by atoms with Crippen LogP contribution in [-0.4, -0.2) is 92.2 Å². The number of rotatable bonds is 14. The number of benzene rings is 2. The maximum absolute atomic E-state index is 12.6. The fourth-order valence-corrected chi connectivity index (χ4v) is 4.29. The molecule has 0 N–H and O–H groups in total. The molecule has 2 unspecified atom stereocenters. The number of hydrogen-bond acceptors (Lipinski definition) is 6. The van der Waals surface area contributed by atoms with E-state index in [4.69, 9.17) is 14.2 Å². The normalized spacial score (nSPS) is 12.5. The second kappa shape index (κ2) is 21.9. The SMILES string of the molecule is CC(CC/C=C/C(=O)N(C)C)COc1ccc(I)cc1.CC(COc1ccc(I)cc1)N(C/C=C/C(=O)N(C)C)C(=O)OC(C)(C)C. The summed E-state index contributed by atoms with van der Waals surface area (Å²) < 4.78 is 19.4. The second-order valence-corrected chi connectivity index (χ2v) is 15.0. The molecule has 0 aliphatic heterocycles. The van der Waals surface area contributed by atoms with Gasteiger partial charge in [0.2, 0.25) is 11.8 Å². The van der Waals surface area contributed by atoms with Crippen LogP contribution in [0.4, 0.5) is 4.79 Å². The highest BCUT2D eigenvalue weighted by Crippen LogP contribution is 2.17. The number of carbonyl (C=O) groups excluding carboxylic acids is 3. The van der Waals surface area contributed by atoms with Crippen molar-refractivity contribution in [3.8, 4) is 11.5 Å². The van der Waals surface area contributed by atoms with Crippen molar-refractivity contribution in [2.75, 3.05) is 47.9 Å². The zero-order valence-corrected chi connectivity index (χ0v) is 33.5. The first-order valence-corrected chi connectivity index (χ1v) is 17.7. The lowest BCUT2D eigenvalue weighted by atomic mass is 10.1. The van der Waals surface area contributed by atoms with Gasteiger partial charge in [-0.2, -0.15) is 0 Å². The van der Waals surface area contributed by atoms with Crippen LogP contribution in [0.1, 0.15) is 47.5 Å². The maximum Gasteiger partial charge on any atom is 0.410 e. The molecule has 0 aromatic heterocycles. The Bertz CT molecular complexity index is 1290. The van der Waals surface area contributed by atoms with Crippen LogP contribution in [0.3, 0.4) is 0 Å². The van der Waals surface area contributed by atoms with Crippen molar-refractivity contribution < 1.29 is 28.6 Å². The van der Waals surface area contributed by atoms with E-state index in [2.05, 4.69) is 52.1 Å². The van der Waals surface area contributed by atoms with E-state index in [1.54, 1.807) is 50.1 Å². The van der Waals surface area contributed by atoms with Gasteiger partial charge in [0, 0.05) is 48.0 Å². The molecule has 260 valence electrons. The van der Waals surface area contributed by atoms with Crippen LogP contribution < -0.4 is 9.47 Å². The number of amides is 3. The lowest BCUT2D eigenvalue weighted by Gasteiger charge is -2.31. The average Bonchev–Trinajstić information content (AvgIpc) is 2.99. The van der Waals surface area contributed by atoms with Gasteiger partial charge < -0.3 is 24.0 Å². The smallest absolute Gasteiger partial charge is 0.410 e. The van der Waals surface area contributed by atoms with Gasteiger partial charge in [-0.3, -0.25) is 14.5 Å². The Hall–Kier alpha value is -2.81. The van der Waals surface area contributed by atoms with E-state index >= 15 is 0 Å². The summed E-state index contributed by atoms with van der Waals surface area (Å²) in [6.45, 7) is 10.8. The lowest BCUT2D eigenvalue weighted by molar-refractivity contribution is -0.124. The Morgan fingerprint density at radius 2 is 1.19 bits per heavy atom. The van der Waals surface area contributed by atoms with E-state index in [1.165, 1.54) is 14.5 Å². The van der Waals surface area contributed by atoms with Gasteiger partial charge in [0.25, 0.3) is 0 Å². The van der Waals surface area contributed by atoms with Gasteiger partial charge in [0.15, 0.2) is 0 Å². The molecule has 2 atom stereocenters. The highest BCUT2D eigenvalue weighted by molar-refractivity contribution is 14.1. The molecule has 0 heterocycles. The summed E-state index contributed by atoms with van der Waals surface area (Å²) in [5, 5.41) is 0. The van der Waals surface area contributed by atoms with Crippen molar-refractivity contribution in [2.45, 2.75) is 59.1 Å². The third-order valence-electron chi connectivity index (χ3n) is 6.34. The predicted octanol–water partition coefficient (Wildman–Crippen LogP) is 7.67. The minimum absolute atomic E-state index is 0.0350. The van der Waals surface area contributed by atoms with Gasteiger partial charge in [-0.25, -0.2) is 4.79 Å². The largest absolute Gasteiger partial charge is 0.493 e. The van der Waals surface area contributed by atoms with Gasteiger partial charge in [0.1, 0.15) is 23.7 Å². The summed E-state index contributed by atoms with van der Waals surface area (Å²) in [5.41, 5.74) is -0.602. The minimum Gasteiger partial charge on any atom is -0.493 e. The standard InChI is InChI=1S/C20H29IN2O4.C16H22INO2/c1-15(14-26-17-11-9-16(21)10-12-17)23(19(25)27-20(2,3)4)13-7-8-18(24)22(5)6;1-13(6-4-5-7-16(19)18(2)3)12-20-15-10-8-14(17)9-11-15/h7-12,15H,13-14H2,1-6H3;5,7-11,13H,4,6,12H2,1-3H3/b8-7+;7-5+. The molecule has 2 aromatic carbocycles. The molecule has 0 spiro atoms. The fourth-order valence-electron chi connectivity index (χ4n) is 3.58. The van der Waals surface area contributed by atoms with Crippen molar-refractivity contribution in [3.05, 3.63) is 80.0 Å². The first-order chi connectivity index (χ1) is 22.0. The summed E-state index contributed by atoms with van der Waals surface area (Å²) in [6, 6.07) is 15.5. The fraction of sp³-hybridized carbons (Fsp3) is 0.472. The molecular formula is C36H51I2N3O6. The van der Waals surface area contributed by atoms with Crippen LogP contribution in [0.5, 0.6) is 11.5 Å². The number of ether oxygens (including phenoxy) is 3. The summed E-state index contributed by atoms with van der Waals surface area (Å²) in [6.07, 6.45) is 8.15. The first kappa shape index (κ1) is 42.2. The molecule has 2 rings (SSSR count). The molecule has 0 aliphatic carbocycles. The predicted molar refractivity (Wildman–Crippen MR) is 206 cm³/mol. The molecule has 0 aliphatic rings. The Balaban J connectivity index is 0.000000491. The van der Waals surface area contributed by atoms with Gasteiger partial charge >= 0.3 is 6.09 Å². The number of allylic oxidation sites excluding steroid dienone is 1. The maximum atomic E-state index is 12.6. The molecule has 47 heavy (non-hydrogen) atoms. The molecule has 2 aromatic rings.